The summed E-state index contributed by atoms with van der Waals surface area (Å²) in [6.45, 7) is 0. The summed E-state index contributed by atoms with van der Waals surface area (Å²) in [5.74, 6) is 0.161. The lowest BCUT2D eigenvalue weighted by Gasteiger charge is -2.10. The molecule has 0 saturated carbocycles. The highest BCUT2D eigenvalue weighted by molar-refractivity contribution is 7.92. The topological polar surface area (TPSA) is 97.4 Å². The number of amides is 1. The monoisotopic (exact) mass is 417 g/mol. The summed E-state index contributed by atoms with van der Waals surface area (Å²) < 4.78 is 32.4. The fourth-order valence-electron chi connectivity index (χ4n) is 2.35. The third kappa shape index (κ3) is 4.79. The second-order valence-electron chi connectivity index (χ2n) is 5.71. The molecule has 2 aromatic carbocycles. The van der Waals surface area contributed by atoms with Gasteiger partial charge >= 0.3 is 0 Å². The molecule has 0 fully saturated rings. The van der Waals surface area contributed by atoms with E-state index in [0.29, 0.717) is 16.5 Å². The Morgan fingerprint density at radius 1 is 1.04 bits per heavy atom. The van der Waals surface area contributed by atoms with Crippen molar-refractivity contribution in [3.05, 3.63) is 77.6 Å². The number of halogens is 1. The molecule has 0 atom stereocenters. The summed E-state index contributed by atoms with van der Waals surface area (Å²) in [7, 11) is -2.31. The van der Waals surface area contributed by atoms with Crippen LogP contribution in [0, 0.1) is 0 Å². The average Bonchev–Trinajstić information content (AvgIpc) is 2.68. The van der Waals surface area contributed by atoms with Crippen molar-refractivity contribution in [2.75, 3.05) is 17.1 Å². The number of pyridine rings is 1. The minimum absolute atomic E-state index is 0.0446. The third-order valence-corrected chi connectivity index (χ3v) is 5.35. The summed E-state index contributed by atoms with van der Waals surface area (Å²) in [5.41, 5.74) is 0.892. The van der Waals surface area contributed by atoms with E-state index in [-0.39, 0.29) is 16.1 Å². The van der Waals surface area contributed by atoms with Crippen LogP contribution in [0.4, 0.5) is 11.4 Å². The summed E-state index contributed by atoms with van der Waals surface area (Å²) in [5, 5.41) is 3.14. The molecule has 0 radical (unpaired) electrons. The van der Waals surface area contributed by atoms with Gasteiger partial charge in [0, 0.05) is 23.0 Å². The van der Waals surface area contributed by atoms with Gasteiger partial charge in [0.05, 0.1) is 29.5 Å². The fraction of sp³-hybridized carbons (Fsp3) is 0.0526. The molecular formula is C19H16ClN3O4S. The second-order valence-corrected chi connectivity index (χ2v) is 7.83. The number of ether oxygens (including phenoxy) is 1. The highest BCUT2D eigenvalue weighted by atomic mass is 35.5. The predicted molar refractivity (Wildman–Crippen MR) is 107 cm³/mol. The van der Waals surface area contributed by atoms with Gasteiger partial charge < -0.3 is 10.1 Å². The zero-order chi connectivity index (χ0) is 20.1. The number of methoxy groups -OCH3 is 1. The summed E-state index contributed by atoms with van der Waals surface area (Å²) in [6, 6.07) is 14.0. The number of carbonyl (C=O) groups is 1. The van der Waals surface area contributed by atoms with Crippen LogP contribution in [0.3, 0.4) is 0 Å². The smallest absolute Gasteiger partial charge is 0.261 e. The van der Waals surface area contributed by atoms with E-state index in [1.54, 1.807) is 24.3 Å². The van der Waals surface area contributed by atoms with Crippen molar-refractivity contribution in [2.45, 2.75) is 4.90 Å². The van der Waals surface area contributed by atoms with E-state index in [0.717, 1.165) is 0 Å². The molecule has 7 nitrogen and oxygen atoms in total. The van der Waals surface area contributed by atoms with Gasteiger partial charge in [-0.3, -0.25) is 14.5 Å². The van der Waals surface area contributed by atoms with Gasteiger partial charge in [0.15, 0.2) is 0 Å². The number of nitrogens with zero attached hydrogens (tertiary/aromatic N) is 1. The van der Waals surface area contributed by atoms with Crippen molar-refractivity contribution in [3.63, 3.8) is 0 Å². The summed E-state index contributed by atoms with van der Waals surface area (Å²) in [4.78, 5) is 16.4. The van der Waals surface area contributed by atoms with Crippen LogP contribution in [0.1, 0.15) is 10.4 Å². The van der Waals surface area contributed by atoms with E-state index in [1.165, 1.54) is 49.8 Å². The van der Waals surface area contributed by atoms with Crippen molar-refractivity contribution in [3.8, 4) is 5.75 Å². The van der Waals surface area contributed by atoms with Crippen molar-refractivity contribution in [1.29, 1.82) is 0 Å². The number of hydrogen-bond donors (Lipinski definition) is 2. The first kappa shape index (κ1) is 19.7. The van der Waals surface area contributed by atoms with E-state index in [2.05, 4.69) is 15.0 Å². The van der Waals surface area contributed by atoms with Crippen molar-refractivity contribution >= 4 is 38.9 Å². The maximum Gasteiger partial charge on any atom is 0.261 e. The van der Waals surface area contributed by atoms with Crippen LogP contribution < -0.4 is 14.8 Å². The van der Waals surface area contributed by atoms with E-state index in [1.807, 2.05) is 0 Å². The molecule has 2 N–H and O–H groups in total. The zero-order valence-electron chi connectivity index (χ0n) is 14.7. The van der Waals surface area contributed by atoms with Crippen LogP contribution in [0.2, 0.25) is 5.02 Å². The third-order valence-electron chi connectivity index (χ3n) is 3.70. The lowest BCUT2D eigenvalue weighted by Crippen LogP contribution is -2.15. The molecule has 0 aliphatic rings. The Hall–Kier alpha value is -3.10. The van der Waals surface area contributed by atoms with Crippen LogP contribution in [0.15, 0.2) is 71.9 Å². The largest absolute Gasteiger partial charge is 0.497 e. The first-order chi connectivity index (χ1) is 13.4. The van der Waals surface area contributed by atoms with Gasteiger partial charge in [-0.15, -0.1) is 0 Å². The van der Waals surface area contributed by atoms with Crippen molar-refractivity contribution < 1.29 is 17.9 Å². The number of nitrogens with one attached hydrogen (secondary N) is 2. The predicted octanol–water partition coefficient (Wildman–Crippen LogP) is 3.80. The Kier molecular flexibility index (Phi) is 5.81. The Labute approximate surface area is 167 Å². The SMILES string of the molecule is COc1cccc(NC(=O)c2cncc(NS(=O)(=O)c3ccc(Cl)cc3)c2)c1. The molecular weight excluding hydrogens is 402 g/mol. The Morgan fingerprint density at radius 2 is 1.79 bits per heavy atom. The Morgan fingerprint density at radius 3 is 2.50 bits per heavy atom. The number of benzene rings is 2. The van der Waals surface area contributed by atoms with Crippen LogP contribution >= 0.6 is 11.6 Å². The molecule has 0 saturated heterocycles. The van der Waals surface area contributed by atoms with E-state index >= 15 is 0 Å². The highest BCUT2D eigenvalue weighted by Gasteiger charge is 2.15. The van der Waals surface area contributed by atoms with Gasteiger partial charge in [-0.2, -0.15) is 0 Å². The molecule has 0 bridgehead atoms. The summed E-state index contributed by atoms with van der Waals surface area (Å²) >= 11 is 5.79. The number of hydrogen-bond acceptors (Lipinski definition) is 5. The van der Waals surface area contributed by atoms with E-state index < -0.39 is 15.9 Å². The maximum atomic E-state index is 12.5. The molecule has 1 aromatic heterocycles. The molecule has 0 aliphatic heterocycles. The molecule has 0 unspecified atom stereocenters. The minimum atomic E-state index is -3.84. The zero-order valence-corrected chi connectivity index (χ0v) is 16.3. The van der Waals surface area contributed by atoms with E-state index in [9.17, 15) is 13.2 Å². The first-order valence-electron chi connectivity index (χ1n) is 8.06. The molecule has 3 rings (SSSR count). The van der Waals surface area contributed by atoms with Gasteiger partial charge in [-0.05, 0) is 42.5 Å². The van der Waals surface area contributed by atoms with Crippen LogP contribution in [-0.2, 0) is 10.0 Å². The lowest BCUT2D eigenvalue weighted by atomic mass is 10.2. The minimum Gasteiger partial charge on any atom is -0.497 e. The number of rotatable bonds is 6. The van der Waals surface area contributed by atoms with Gasteiger partial charge in [0.2, 0.25) is 0 Å². The maximum absolute atomic E-state index is 12.5. The van der Waals surface area contributed by atoms with Gasteiger partial charge in [-0.1, -0.05) is 17.7 Å². The molecule has 144 valence electrons. The molecule has 9 heteroatoms. The van der Waals surface area contributed by atoms with Crippen LogP contribution in [0.25, 0.3) is 0 Å². The molecule has 0 spiro atoms. The van der Waals surface area contributed by atoms with Gasteiger partial charge in [0.1, 0.15) is 5.75 Å². The molecule has 0 aliphatic carbocycles. The standard InChI is InChI=1S/C19H16ClN3O4S/c1-27-17-4-2-3-15(10-17)22-19(24)13-9-16(12-21-11-13)23-28(25,26)18-7-5-14(20)6-8-18/h2-12,23H,1H3,(H,22,24). The Balaban J connectivity index is 1.77. The van der Waals surface area contributed by atoms with E-state index in [4.69, 9.17) is 16.3 Å². The van der Waals surface area contributed by atoms with Crippen LogP contribution in [-0.4, -0.2) is 26.4 Å². The van der Waals surface area contributed by atoms with Crippen molar-refractivity contribution in [1.82, 2.24) is 4.98 Å². The fourth-order valence-corrected chi connectivity index (χ4v) is 3.51. The quantitative estimate of drug-likeness (QED) is 0.635. The first-order valence-corrected chi connectivity index (χ1v) is 9.92. The summed E-state index contributed by atoms with van der Waals surface area (Å²) in [6.07, 6.45) is 2.66. The number of sulfonamides is 1. The average molecular weight is 418 g/mol. The molecule has 1 amide bonds. The number of aromatic nitrogens is 1. The number of carbonyl (C=O) groups excluding carboxylic acids is 1. The van der Waals surface area contributed by atoms with Crippen LogP contribution in [0.5, 0.6) is 5.75 Å². The number of anilines is 2. The molecule has 3 aromatic rings. The Bertz CT molecular complexity index is 1100. The highest BCUT2D eigenvalue weighted by Crippen LogP contribution is 2.20. The van der Waals surface area contributed by atoms with Gasteiger partial charge in [0.25, 0.3) is 15.9 Å². The normalized spacial score (nSPS) is 10.9. The lowest BCUT2D eigenvalue weighted by molar-refractivity contribution is 0.102. The van der Waals surface area contributed by atoms with Gasteiger partial charge in [-0.25, -0.2) is 8.42 Å². The molecule has 28 heavy (non-hydrogen) atoms. The molecule has 1 heterocycles. The van der Waals surface area contributed by atoms with Crippen molar-refractivity contribution in [2.24, 2.45) is 0 Å². The second kappa shape index (κ2) is 8.28.